The number of aromatic nitrogens is 1. The Kier molecular flexibility index (Phi) is 4.86. The lowest BCUT2D eigenvalue weighted by Gasteiger charge is -2.13. The molecule has 0 aliphatic heterocycles. The molecule has 0 saturated heterocycles. The highest BCUT2D eigenvalue weighted by Gasteiger charge is 2.13. The molecule has 1 N–H and O–H groups in total. The van der Waals surface area contributed by atoms with Crippen LogP contribution in [0.25, 0.3) is 0 Å². The molecule has 0 fully saturated rings. The van der Waals surface area contributed by atoms with E-state index in [-0.39, 0.29) is 0 Å². The molecule has 1 aromatic carbocycles. The minimum absolute atomic E-state index is 0.542. The first kappa shape index (κ1) is 14.4. The van der Waals surface area contributed by atoms with Crippen molar-refractivity contribution in [2.75, 3.05) is 5.75 Å². The molecule has 0 aliphatic rings. The van der Waals surface area contributed by atoms with Crippen LogP contribution in [0.3, 0.4) is 0 Å². The Balaban J connectivity index is 2.05. The van der Waals surface area contributed by atoms with Gasteiger partial charge in [0.15, 0.2) is 0 Å². The predicted molar refractivity (Wildman–Crippen MR) is 80.8 cm³/mol. The summed E-state index contributed by atoms with van der Waals surface area (Å²) in [4.78, 5) is 5.30. The molecule has 1 atom stereocenters. The first-order valence-corrected chi connectivity index (χ1v) is 7.43. The van der Waals surface area contributed by atoms with Gasteiger partial charge in [-0.25, -0.2) is 0 Å². The fourth-order valence-corrected chi connectivity index (χ4v) is 3.06. The summed E-state index contributed by atoms with van der Waals surface area (Å²) in [5.74, 6) is 0.542. The van der Waals surface area contributed by atoms with E-state index in [1.54, 1.807) is 18.0 Å². The highest BCUT2D eigenvalue weighted by molar-refractivity contribution is 7.99. The summed E-state index contributed by atoms with van der Waals surface area (Å²) in [5, 5.41) is 10.9. The summed E-state index contributed by atoms with van der Waals surface area (Å²) in [5.41, 5.74) is 2.87. The number of halogens is 1. The van der Waals surface area contributed by atoms with Crippen LogP contribution in [0, 0.1) is 13.8 Å². The fourth-order valence-electron chi connectivity index (χ4n) is 1.88. The predicted octanol–water partition coefficient (Wildman–Crippen LogP) is 4.18. The number of pyridine rings is 1. The van der Waals surface area contributed by atoms with Crippen molar-refractivity contribution in [3.63, 3.8) is 0 Å². The minimum Gasteiger partial charge on any atom is -0.386 e. The molecule has 0 aliphatic carbocycles. The summed E-state index contributed by atoms with van der Waals surface area (Å²) in [6.07, 6.45) is 1.20. The van der Waals surface area contributed by atoms with Gasteiger partial charge in [-0.3, -0.25) is 4.98 Å². The van der Waals surface area contributed by atoms with Crippen LogP contribution in [-0.4, -0.2) is 15.8 Å². The summed E-state index contributed by atoms with van der Waals surface area (Å²) < 4.78 is 0. The molecule has 100 valence electrons. The van der Waals surface area contributed by atoms with E-state index < -0.39 is 6.10 Å². The monoisotopic (exact) mass is 293 g/mol. The Morgan fingerprint density at radius 1 is 1.32 bits per heavy atom. The molecule has 19 heavy (non-hydrogen) atoms. The van der Waals surface area contributed by atoms with Crippen molar-refractivity contribution in [1.29, 1.82) is 0 Å². The number of thioether (sulfide) groups is 1. The molecule has 4 heteroatoms. The highest BCUT2D eigenvalue weighted by Crippen LogP contribution is 2.30. The van der Waals surface area contributed by atoms with Crippen molar-refractivity contribution in [3.05, 3.63) is 58.4 Å². The van der Waals surface area contributed by atoms with E-state index in [4.69, 9.17) is 11.6 Å². The lowest BCUT2D eigenvalue weighted by atomic mass is 10.1. The third-order valence-corrected chi connectivity index (χ3v) is 4.40. The van der Waals surface area contributed by atoms with Crippen molar-refractivity contribution < 1.29 is 5.11 Å². The topological polar surface area (TPSA) is 33.1 Å². The van der Waals surface area contributed by atoms with E-state index in [0.29, 0.717) is 10.8 Å². The van der Waals surface area contributed by atoms with Crippen molar-refractivity contribution in [3.8, 4) is 0 Å². The smallest absolute Gasteiger partial charge is 0.106 e. The Hall–Kier alpha value is -1.03. The summed E-state index contributed by atoms with van der Waals surface area (Å²) in [6.45, 7) is 3.97. The maximum absolute atomic E-state index is 10.2. The Labute approximate surface area is 122 Å². The third kappa shape index (κ3) is 3.72. The van der Waals surface area contributed by atoms with Crippen LogP contribution in [0.2, 0.25) is 5.02 Å². The molecular formula is C15H16ClNOS. The van der Waals surface area contributed by atoms with Crippen LogP contribution in [0.1, 0.15) is 22.9 Å². The second-order valence-corrected chi connectivity index (χ2v) is 5.94. The Bertz CT molecular complexity index is 574. The fraction of sp³-hybridized carbons (Fsp3) is 0.267. The van der Waals surface area contributed by atoms with Gasteiger partial charge in [0, 0.05) is 16.8 Å². The van der Waals surface area contributed by atoms with E-state index in [0.717, 1.165) is 21.7 Å². The van der Waals surface area contributed by atoms with Gasteiger partial charge in [0.25, 0.3) is 0 Å². The molecular weight excluding hydrogens is 278 g/mol. The first-order valence-electron chi connectivity index (χ1n) is 6.06. The van der Waals surface area contributed by atoms with E-state index in [1.165, 1.54) is 0 Å². The van der Waals surface area contributed by atoms with E-state index in [1.807, 2.05) is 44.2 Å². The lowest BCUT2D eigenvalue weighted by Crippen LogP contribution is -2.06. The number of benzene rings is 1. The molecule has 2 rings (SSSR count). The van der Waals surface area contributed by atoms with Crippen LogP contribution in [-0.2, 0) is 0 Å². The quantitative estimate of drug-likeness (QED) is 0.859. The van der Waals surface area contributed by atoms with Gasteiger partial charge in [-0.2, -0.15) is 0 Å². The first-order chi connectivity index (χ1) is 9.08. The molecule has 1 aromatic heterocycles. The second kappa shape index (κ2) is 6.42. The number of aliphatic hydroxyl groups is 1. The zero-order valence-corrected chi connectivity index (χ0v) is 12.5. The van der Waals surface area contributed by atoms with Crippen LogP contribution in [0.5, 0.6) is 0 Å². The zero-order valence-electron chi connectivity index (χ0n) is 10.9. The average molecular weight is 294 g/mol. The number of hydrogen-bond donors (Lipinski definition) is 1. The van der Waals surface area contributed by atoms with E-state index in [2.05, 4.69) is 4.98 Å². The highest BCUT2D eigenvalue weighted by atomic mass is 35.5. The van der Waals surface area contributed by atoms with Crippen LogP contribution < -0.4 is 0 Å². The molecule has 1 unspecified atom stereocenters. The van der Waals surface area contributed by atoms with Crippen LogP contribution >= 0.6 is 23.4 Å². The number of aliphatic hydroxyl groups excluding tert-OH is 1. The molecule has 1 heterocycles. The number of nitrogens with zero attached hydrogens (tertiary/aromatic N) is 1. The molecule has 0 radical (unpaired) electrons. The third-order valence-electron chi connectivity index (χ3n) is 2.80. The van der Waals surface area contributed by atoms with Crippen molar-refractivity contribution in [2.24, 2.45) is 0 Å². The maximum Gasteiger partial charge on any atom is 0.106 e. The van der Waals surface area contributed by atoms with Crippen molar-refractivity contribution >= 4 is 23.4 Å². The van der Waals surface area contributed by atoms with Gasteiger partial charge >= 0.3 is 0 Å². The van der Waals surface area contributed by atoms with Gasteiger partial charge in [0.2, 0.25) is 0 Å². The van der Waals surface area contributed by atoms with Crippen molar-refractivity contribution in [2.45, 2.75) is 24.8 Å². The van der Waals surface area contributed by atoms with Gasteiger partial charge in [-0.1, -0.05) is 29.8 Å². The van der Waals surface area contributed by atoms with Crippen molar-refractivity contribution in [1.82, 2.24) is 4.98 Å². The SMILES string of the molecule is Cc1cnc(C(O)CSc2ccccc2Cl)c(C)c1. The Morgan fingerprint density at radius 2 is 2.05 bits per heavy atom. The normalized spacial score (nSPS) is 12.4. The Morgan fingerprint density at radius 3 is 2.74 bits per heavy atom. The number of rotatable bonds is 4. The summed E-state index contributed by atoms with van der Waals surface area (Å²) in [7, 11) is 0. The molecule has 0 spiro atoms. The van der Waals surface area contributed by atoms with Gasteiger partial charge in [-0.05, 0) is 37.1 Å². The van der Waals surface area contributed by atoms with Crippen LogP contribution in [0.4, 0.5) is 0 Å². The van der Waals surface area contributed by atoms with Gasteiger partial charge in [0.1, 0.15) is 6.10 Å². The van der Waals surface area contributed by atoms with E-state index >= 15 is 0 Å². The van der Waals surface area contributed by atoms with Gasteiger partial charge in [-0.15, -0.1) is 11.8 Å². The molecule has 0 amide bonds. The standard InChI is InChI=1S/C15H16ClNOS/c1-10-7-11(2)15(17-8-10)13(18)9-19-14-6-4-3-5-12(14)16/h3-8,13,18H,9H2,1-2H3. The summed E-state index contributed by atoms with van der Waals surface area (Å²) >= 11 is 7.63. The largest absolute Gasteiger partial charge is 0.386 e. The van der Waals surface area contributed by atoms with Gasteiger partial charge < -0.3 is 5.11 Å². The minimum atomic E-state index is -0.582. The second-order valence-electron chi connectivity index (χ2n) is 4.47. The molecule has 2 nitrogen and oxygen atoms in total. The summed E-state index contributed by atoms with van der Waals surface area (Å²) in [6, 6.07) is 9.68. The maximum atomic E-state index is 10.2. The lowest BCUT2D eigenvalue weighted by molar-refractivity contribution is 0.198. The molecule has 0 bridgehead atoms. The molecule has 2 aromatic rings. The number of hydrogen-bond acceptors (Lipinski definition) is 3. The zero-order chi connectivity index (χ0) is 13.8. The molecule has 0 saturated carbocycles. The average Bonchev–Trinajstić information content (AvgIpc) is 2.37. The number of aryl methyl sites for hydroxylation is 2. The van der Waals surface area contributed by atoms with E-state index in [9.17, 15) is 5.11 Å². The van der Waals surface area contributed by atoms with Gasteiger partial charge in [0.05, 0.1) is 10.7 Å². The van der Waals surface area contributed by atoms with Crippen LogP contribution in [0.15, 0.2) is 41.4 Å².